The number of carbonyl (C=O) groups excluding carboxylic acids is 5. The van der Waals surface area contributed by atoms with Crippen LogP contribution in [0.2, 0.25) is 0 Å². The molecular formula is C28H49NO9. The van der Waals surface area contributed by atoms with Crippen molar-refractivity contribution in [3.8, 4) is 0 Å². The lowest BCUT2D eigenvalue weighted by Crippen LogP contribution is -2.29. The van der Waals surface area contributed by atoms with Crippen LogP contribution in [0.25, 0.3) is 0 Å². The molecule has 0 amide bonds. The van der Waals surface area contributed by atoms with Crippen LogP contribution in [0.5, 0.6) is 0 Å². The van der Waals surface area contributed by atoms with E-state index in [1.54, 1.807) is 0 Å². The van der Waals surface area contributed by atoms with E-state index in [-0.39, 0.29) is 44.1 Å². The molecule has 0 aromatic heterocycles. The zero-order valence-electron chi connectivity index (χ0n) is 23.7. The monoisotopic (exact) mass is 543 g/mol. The first-order valence-electron chi connectivity index (χ1n) is 14.0. The molecule has 0 aliphatic rings. The van der Waals surface area contributed by atoms with Crippen LogP contribution in [-0.4, -0.2) is 81.6 Å². The van der Waals surface area contributed by atoms with E-state index in [9.17, 15) is 24.0 Å². The summed E-state index contributed by atoms with van der Waals surface area (Å²) in [6.07, 6.45) is 9.59. The molecule has 220 valence electrons. The summed E-state index contributed by atoms with van der Waals surface area (Å²) in [5.41, 5.74) is 0. The maximum Gasteiger partial charge on any atom is 0.306 e. The highest BCUT2D eigenvalue weighted by molar-refractivity contribution is 5.70. The van der Waals surface area contributed by atoms with E-state index >= 15 is 0 Å². The third-order valence-corrected chi connectivity index (χ3v) is 5.85. The number of rotatable bonds is 26. The topological polar surface area (TPSA) is 126 Å². The van der Waals surface area contributed by atoms with Crippen molar-refractivity contribution in [1.29, 1.82) is 0 Å². The SMILES string of the molecule is CCCCCCCCC(=O)OCC(COC=O)OC(=O)CCCC(CCCC=O)OC(=O)CCCN(C)C. The van der Waals surface area contributed by atoms with E-state index in [1.165, 1.54) is 6.42 Å². The van der Waals surface area contributed by atoms with Crippen LogP contribution < -0.4 is 0 Å². The highest BCUT2D eigenvalue weighted by Gasteiger charge is 2.19. The lowest BCUT2D eigenvalue weighted by molar-refractivity contribution is -0.164. The Hall–Kier alpha value is -2.49. The molecule has 0 aliphatic carbocycles. The summed E-state index contributed by atoms with van der Waals surface area (Å²) in [5, 5.41) is 0. The minimum atomic E-state index is -0.890. The molecule has 0 radical (unpaired) electrons. The molecule has 0 bridgehead atoms. The Labute approximate surface area is 228 Å². The predicted molar refractivity (Wildman–Crippen MR) is 142 cm³/mol. The Morgan fingerprint density at radius 1 is 0.711 bits per heavy atom. The van der Waals surface area contributed by atoms with Crippen LogP contribution in [0.1, 0.15) is 103 Å². The Morgan fingerprint density at radius 3 is 1.97 bits per heavy atom. The molecule has 10 nitrogen and oxygen atoms in total. The van der Waals surface area contributed by atoms with Gasteiger partial charge in [0.15, 0.2) is 6.10 Å². The van der Waals surface area contributed by atoms with Gasteiger partial charge in [0.05, 0.1) is 0 Å². The van der Waals surface area contributed by atoms with Crippen molar-refractivity contribution in [2.45, 2.75) is 115 Å². The van der Waals surface area contributed by atoms with E-state index in [0.717, 1.165) is 44.9 Å². The summed E-state index contributed by atoms with van der Waals surface area (Å²) in [7, 11) is 3.87. The number of unbranched alkanes of at least 4 members (excludes halogenated alkanes) is 6. The summed E-state index contributed by atoms with van der Waals surface area (Å²) < 4.78 is 20.9. The van der Waals surface area contributed by atoms with Gasteiger partial charge in [-0.2, -0.15) is 0 Å². The summed E-state index contributed by atoms with van der Waals surface area (Å²) in [6, 6.07) is 0. The molecule has 0 aromatic carbocycles. The number of nitrogens with zero attached hydrogens (tertiary/aromatic N) is 1. The minimum absolute atomic E-state index is 0.0612. The normalized spacial score (nSPS) is 12.4. The van der Waals surface area contributed by atoms with Crippen LogP contribution in [0.15, 0.2) is 0 Å². The summed E-state index contributed by atoms with van der Waals surface area (Å²) in [5.74, 6) is -1.20. The second-order valence-electron chi connectivity index (χ2n) is 9.75. The number of ether oxygens (including phenoxy) is 4. The first kappa shape index (κ1) is 35.5. The van der Waals surface area contributed by atoms with Crippen molar-refractivity contribution in [3.05, 3.63) is 0 Å². The highest BCUT2D eigenvalue weighted by atomic mass is 16.6. The van der Waals surface area contributed by atoms with Crippen LogP contribution in [-0.2, 0) is 42.9 Å². The number of carbonyl (C=O) groups is 5. The molecule has 0 saturated heterocycles. The molecule has 10 heteroatoms. The summed E-state index contributed by atoms with van der Waals surface area (Å²) in [4.78, 5) is 59.8. The Balaban J connectivity index is 4.49. The first-order chi connectivity index (χ1) is 18.3. The van der Waals surface area contributed by atoms with Crippen molar-refractivity contribution < 1.29 is 42.9 Å². The van der Waals surface area contributed by atoms with E-state index in [2.05, 4.69) is 6.92 Å². The van der Waals surface area contributed by atoms with Crippen molar-refractivity contribution in [1.82, 2.24) is 4.90 Å². The molecule has 2 atom stereocenters. The largest absolute Gasteiger partial charge is 0.464 e. The van der Waals surface area contributed by atoms with Gasteiger partial charge in [-0.05, 0) is 59.2 Å². The van der Waals surface area contributed by atoms with Gasteiger partial charge in [-0.1, -0.05) is 39.0 Å². The van der Waals surface area contributed by atoms with E-state index in [0.29, 0.717) is 51.4 Å². The predicted octanol–water partition coefficient (Wildman–Crippen LogP) is 4.16. The number of hydrogen-bond donors (Lipinski definition) is 0. The maximum absolute atomic E-state index is 12.4. The Bertz CT molecular complexity index is 654. The van der Waals surface area contributed by atoms with Gasteiger partial charge in [0.1, 0.15) is 25.6 Å². The Kier molecular flexibility index (Phi) is 23.2. The van der Waals surface area contributed by atoms with Gasteiger partial charge in [0.2, 0.25) is 0 Å². The average molecular weight is 544 g/mol. The van der Waals surface area contributed by atoms with Gasteiger partial charge in [0, 0.05) is 25.7 Å². The van der Waals surface area contributed by atoms with Crippen LogP contribution in [0, 0.1) is 0 Å². The molecule has 0 aliphatic heterocycles. The molecule has 0 saturated carbocycles. The Morgan fingerprint density at radius 2 is 1.32 bits per heavy atom. The molecule has 0 N–H and O–H groups in total. The van der Waals surface area contributed by atoms with E-state index in [1.807, 2.05) is 19.0 Å². The molecule has 38 heavy (non-hydrogen) atoms. The third kappa shape index (κ3) is 22.7. The first-order valence-corrected chi connectivity index (χ1v) is 14.0. The molecular weight excluding hydrogens is 494 g/mol. The molecule has 0 fully saturated rings. The van der Waals surface area contributed by atoms with Crippen LogP contribution in [0.4, 0.5) is 0 Å². The summed E-state index contributed by atoms with van der Waals surface area (Å²) >= 11 is 0. The van der Waals surface area contributed by atoms with Gasteiger partial charge in [-0.25, -0.2) is 0 Å². The fourth-order valence-corrected chi connectivity index (χ4v) is 3.76. The van der Waals surface area contributed by atoms with Gasteiger partial charge in [-0.15, -0.1) is 0 Å². The van der Waals surface area contributed by atoms with Crippen LogP contribution >= 0.6 is 0 Å². The number of esters is 3. The second kappa shape index (κ2) is 24.8. The fraction of sp³-hybridized carbons (Fsp3) is 0.821. The minimum Gasteiger partial charge on any atom is -0.464 e. The highest BCUT2D eigenvalue weighted by Crippen LogP contribution is 2.15. The quantitative estimate of drug-likeness (QED) is 0.0679. The standard InChI is InChI=1S/C28H49NO9/c1-4-5-6-7-8-9-16-26(32)36-22-25(21-35-23-31)38-27(33)17-12-15-24(14-10-11-20-30)37-28(34)18-13-19-29(2)3/h20,23-25H,4-19,21-22H2,1-3H3. The van der Waals surface area contributed by atoms with Crippen molar-refractivity contribution >= 4 is 30.7 Å². The second-order valence-corrected chi connectivity index (χ2v) is 9.75. The number of hydrogen-bond acceptors (Lipinski definition) is 10. The zero-order chi connectivity index (χ0) is 28.4. The van der Waals surface area contributed by atoms with E-state index < -0.39 is 12.1 Å². The van der Waals surface area contributed by atoms with Crippen molar-refractivity contribution in [2.24, 2.45) is 0 Å². The summed E-state index contributed by atoms with van der Waals surface area (Å²) in [6.45, 7) is 2.78. The van der Waals surface area contributed by atoms with Crippen LogP contribution in [0.3, 0.4) is 0 Å². The van der Waals surface area contributed by atoms with Gasteiger partial charge in [0.25, 0.3) is 6.47 Å². The third-order valence-electron chi connectivity index (χ3n) is 5.85. The molecule has 0 heterocycles. The fourth-order valence-electron chi connectivity index (χ4n) is 3.76. The molecule has 0 spiro atoms. The average Bonchev–Trinajstić information content (AvgIpc) is 2.87. The van der Waals surface area contributed by atoms with Gasteiger partial charge < -0.3 is 28.6 Å². The van der Waals surface area contributed by atoms with Gasteiger partial charge in [-0.3, -0.25) is 19.2 Å². The van der Waals surface area contributed by atoms with E-state index in [4.69, 9.17) is 18.9 Å². The maximum atomic E-state index is 12.4. The smallest absolute Gasteiger partial charge is 0.306 e. The lowest BCUT2D eigenvalue weighted by atomic mass is 10.1. The van der Waals surface area contributed by atoms with Crippen molar-refractivity contribution in [3.63, 3.8) is 0 Å². The molecule has 2 unspecified atom stereocenters. The number of aldehydes is 1. The van der Waals surface area contributed by atoms with Gasteiger partial charge >= 0.3 is 17.9 Å². The zero-order valence-corrected chi connectivity index (χ0v) is 23.7. The molecule has 0 aromatic rings. The molecule has 0 rings (SSSR count). The lowest BCUT2D eigenvalue weighted by Gasteiger charge is -2.19. The van der Waals surface area contributed by atoms with Crippen molar-refractivity contribution in [2.75, 3.05) is 33.9 Å².